The zero-order valence-corrected chi connectivity index (χ0v) is 16.4. The molecule has 0 bridgehead atoms. The highest BCUT2D eigenvalue weighted by molar-refractivity contribution is 5.76. The number of nitro groups is 1. The number of nitrogens with one attached hydrogen (secondary N) is 2. The average molecular weight is 395 g/mol. The quantitative estimate of drug-likeness (QED) is 0.421. The molecule has 11 heteroatoms. The van der Waals surface area contributed by atoms with Gasteiger partial charge in [-0.2, -0.15) is 4.98 Å². The Labute approximate surface area is 162 Å². The van der Waals surface area contributed by atoms with Crippen LogP contribution in [0.2, 0.25) is 0 Å². The molecular formula is C17H25N5O6. The molecule has 1 aromatic rings. The number of piperidine rings is 1. The highest BCUT2D eigenvalue weighted by Gasteiger charge is 2.31. The molecule has 154 valence electrons. The number of ether oxygens (including phenoxy) is 2. The van der Waals surface area contributed by atoms with Crippen molar-refractivity contribution in [3.8, 4) is 5.88 Å². The van der Waals surface area contributed by atoms with E-state index in [1.807, 2.05) is 0 Å². The van der Waals surface area contributed by atoms with E-state index in [2.05, 4.69) is 15.6 Å². The van der Waals surface area contributed by atoms with Gasteiger partial charge in [0.1, 0.15) is 11.3 Å². The number of hydrogen-bond donors (Lipinski definition) is 2. The Morgan fingerprint density at radius 3 is 2.75 bits per heavy atom. The molecule has 11 nitrogen and oxygen atoms in total. The second-order valence-corrected chi connectivity index (χ2v) is 7.33. The molecule has 1 aromatic heterocycles. The van der Waals surface area contributed by atoms with Gasteiger partial charge in [-0.1, -0.05) is 0 Å². The molecule has 0 aliphatic carbocycles. The maximum absolute atomic E-state index is 12.0. The van der Waals surface area contributed by atoms with Crippen LogP contribution in [0.3, 0.4) is 0 Å². The SMILES string of the molecule is CNc1nc(OC=O)cc(N2CCC[C@@H](NC(=O)OC(C)(C)C)C2)c1[N+](=O)[O-]. The molecule has 2 heterocycles. The Bertz CT molecular complexity index is 748. The van der Waals surface area contributed by atoms with E-state index in [1.54, 1.807) is 25.7 Å². The third kappa shape index (κ3) is 5.44. The molecule has 1 aliphatic rings. The largest absolute Gasteiger partial charge is 0.444 e. The molecular weight excluding hydrogens is 370 g/mol. The van der Waals surface area contributed by atoms with Crippen LogP contribution in [-0.2, 0) is 9.53 Å². The minimum Gasteiger partial charge on any atom is -0.444 e. The third-order valence-electron chi connectivity index (χ3n) is 4.02. The second-order valence-electron chi connectivity index (χ2n) is 7.33. The standard InChI is InChI=1S/C17H25N5O6/c1-17(2,3)28-16(24)19-11-6-5-7-21(9-11)12-8-13(27-10-23)20-15(18-4)14(12)22(25)26/h8,10-11H,5-7,9H2,1-4H3,(H,18,20)(H,19,24)/t11-/m1/s1. The molecule has 1 amide bonds. The molecule has 1 fully saturated rings. The average Bonchev–Trinajstić information content (AvgIpc) is 2.59. The van der Waals surface area contributed by atoms with E-state index in [-0.39, 0.29) is 35.6 Å². The second kappa shape index (κ2) is 8.72. The summed E-state index contributed by atoms with van der Waals surface area (Å²) in [5.74, 6) is -0.0660. The number of amides is 1. The lowest BCUT2D eigenvalue weighted by atomic mass is 10.0. The van der Waals surface area contributed by atoms with Gasteiger partial charge in [-0.05, 0) is 33.6 Å². The van der Waals surface area contributed by atoms with Crippen molar-refractivity contribution in [3.05, 3.63) is 16.2 Å². The Morgan fingerprint density at radius 2 is 2.18 bits per heavy atom. The summed E-state index contributed by atoms with van der Waals surface area (Å²) in [6.45, 7) is 6.41. The minimum absolute atomic E-state index is 0.0124. The zero-order chi connectivity index (χ0) is 20.9. The van der Waals surface area contributed by atoms with E-state index in [0.717, 1.165) is 0 Å². The van der Waals surface area contributed by atoms with Crippen LogP contribution in [0.15, 0.2) is 6.07 Å². The fourth-order valence-electron chi connectivity index (χ4n) is 3.00. The number of pyridine rings is 1. The minimum atomic E-state index is -0.620. The van der Waals surface area contributed by atoms with E-state index >= 15 is 0 Å². The van der Waals surface area contributed by atoms with Crippen molar-refractivity contribution in [2.24, 2.45) is 0 Å². The topological polar surface area (TPSA) is 136 Å². The first kappa shape index (κ1) is 21.2. The zero-order valence-electron chi connectivity index (χ0n) is 16.4. The number of hydrogen-bond acceptors (Lipinski definition) is 9. The predicted molar refractivity (Wildman–Crippen MR) is 102 cm³/mol. The van der Waals surface area contributed by atoms with Crippen LogP contribution in [0.5, 0.6) is 5.88 Å². The first-order valence-corrected chi connectivity index (χ1v) is 8.86. The van der Waals surface area contributed by atoms with Gasteiger partial charge < -0.3 is 25.0 Å². The lowest BCUT2D eigenvalue weighted by molar-refractivity contribution is -0.383. The molecule has 0 aromatic carbocycles. The summed E-state index contributed by atoms with van der Waals surface area (Å²) >= 11 is 0. The van der Waals surface area contributed by atoms with Gasteiger partial charge in [-0.3, -0.25) is 14.9 Å². The molecule has 0 saturated carbocycles. The van der Waals surface area contributed by atoms with Crippen LogP contribution in [0.1, 0.15) is 33.6 Å². The maximum atomic E-state index is 12.0. The Balaban J connectivity index is 2.27. The summed E-state index contributed by atoms with van der Waals surface area (Å²) in [6, 6.07) is 1.10. The maximum Gasteiger partial charge on any atom is 0.407 e. The molecule has 2 N–H and O–H groups in total. The number of anilines is 2. The molecule has 1 saturated heterocycles. The van der Waals surface area contributed by atoms with Crippen molar-refractivity contribution < 1.29 is 24.0 Å². The number of aromatic nitrogens is 1. The summed E-state index contributed by atoms with van der Waals surface area (Å²) in [7, 11) is 1.49. The van der Waals surface area contributed by atoms with Crippen LogP contribution < -0.4 is 20.3 Å². The lowest BCUT2D eigenvalue weighted by Gasteiger charge is -2.34. The number of carbonyl (C=O) groups is 2. The van der Waals surface area contributed by atoms with Crippen LogP contribution >= 0.6 is 0 Å². The van der Waals surface area contributed by atoms with Crippen LogP contribution in [-0.4, -0.2) is 54.3 Å². The molecule has 2 rings (SSSR count). The number of alkyl carbamates (subject to hydrolysis) is 1. The number of rotatable bonds is 6. The summed E-state index contributed by atoms with van der Waals surface area (Å²) in [5, 5.41) is 17.1. The van der Waals surface area contributed by atoms with Crippen molar-refractivity contribution in [2.75, 3.05) is 30.4 Å². The summed E-state index contributed by atoms with van der Waals surface area (Å²) in [4.78, 5) is 39.5. The fraction of sp³-hybridized carbons (Fsp3) is 0.588. The summed E-state index contributed by atoms with van der Waals surface area (Å²) in [6.07, 6.45) is 0.883. The van der Waals surface area contributed by atoms with Crippen molar-refractivity contribution in [1.29, 1.82) is 0 Å². The first-order chi connectivity index (χ1) is 13.1. The van der Waals surface area contributed by atoms with Crippen molar-refractivity contribution in [1.82, 2.24) is 10.3 Å². The van der Waals surface area contributed by atoms with Crippen molar-refractivity contribution >= 4 is 29.8 Å². The smallest absolute Gasteiger partial charge is 0.407 e. The van der Waals surface area contributed by atoms with Gasteiger partial charge in [0.2, 0.25) is 11.7 Å². The van der Waals surface area contributed by atoms with Gasteiger partial charge in [0, 0.05) is 32.2 Å². The van der Waals surface area contributed by atoms with E-state index in [9.17, 15) is 19.7 Å². The predicted octanol–water partition coefficient (Wildman–Crippen LogP) is 2.06. The van der Waals surface area contributed by atoms with Crippen LogP contribution in [0.4, 0.5) is 22.0 Å². The van der Waals surface area contributed by atoms with E-state index in [1.165, 1.54) is 13.1 Å². The highest BCUT2D eigenvalue weighted by Crippen LogP contribution is 2.38. The van der Waals surface area contributed by atoms with Gasteiger partial charge >= 0.3 is 11.8 Å². The van der Waals surface area contributed by atoms with Crippen molar-refractivity contribution in [3.63, 3.8) is 0 Å². The highest BCUT2D eigenvalue weighted by atomic mass is 16.6. The fourth-order valence-corrected chi connectivity index (χ4v) is 3.00. The molecule has 28 heavy (non-hydrogen) atoms. The van der Waals surface area contributed by atoms with Crippen LogP contribution in [0, 0.1) is 10.1 Å². The van der Waals surface area contributed by atoms with E-state index < -0.39 is 16.6 Å². The first-order valence-electron chi connectivity index (χ1n) is 8.86. The van der Waals surface area contributed by atoms with Gasteiger partial charge in [-0.25, -0.2) is 4.79 Å². The van der Waals surface area contributed by atoms with Gasteiger partial charge in [0.15, 0.2) is 0 Å². The molecule has 1 aliphatic heterocycles. The monoisotopic (exact) mass is 395 g/mol. The Hall–Kier alpha value is -3.11. The van der Waals surface area contributed by atoms with Gasteiger partial charge in [0.25, 0.3) is 6.47 Å². The van der Waals surface area contributed by atoms with Crippen LogP contribution in [0.25, 0.3) is 0 Å². The normalized spacial score (nSPS) is 16.9. The Morgan fingerprint density at radius 1 is 1.46 bits per heavy atom. The van der Waals surface area contributed by atoms with Gasteiger partial charge in [-0.15, -0.1) is 0 Å². The Kier molecular flexibility index (Phi) is 6.60. The summed E-state index contributed by atoms with van der Waals surface area (Å²) < 4.78 is 10.1. The summed E-state index contributed by atoms with van der Waals surface area (Å²) in [5.41, 5.74) is -0.582. The van der Waals surface area contributed by atoms with Gasteiger partial charge in [0.05, 0.1) is 4.92 Å². The molecule has 1 atom stereocenters. The van der Waals surface area contributed by atoms with E-state index in [4.69, 9.17) is 9.47 Å². The number of carbonyl (C=O) groups excluding carboxylic acids is 2. The molecule has 0 radical (unpaired) electrons. The molecule has 0 spiro atoms. The van der Waals surface area contributed by atoms with Crippen molar-refractivity contribution in [2.45, 2.75) is 45.3 Å². The van der Waals surface area contributed by atoms with E-state index in [0.29, 0.717) is 25.9 Å². The molecule has 0 unspecified atom stereocenters. The number of nitrogens with zero attached hydrogens (tertiary/aromatic N) is 3. The third-order valence-corrected chi connectivity index (χ3v) is 4.02. The lowest BCUT2D eigenvalue weighted by Crippen LogP contribution is -2.49.